The first-order valence-electron chi connectivity index (χ1n) is 7.38. The number of rotatable bonds is 4. The third-order valence-corrected chi connectivity index (χ3v) is 4.79. The molecule has 0 radical (unpaired) electrons. The number of hydrogen-bond donors (Lipinski definition) is 1. The molecule has 0 saturated heterocycles. The van der Waals surface area contributed by atoms with E-state index in [2.05, 4.69) is 15.1 Å². The summed E-state index contributed by atoms with van der Waals surface area (Å²) in [6, 6.07) is 13.3. The Bertz CT molecular complexity index is 880. The first-order valence-corrected chi connectivity index (χ1v) is 8.64. The zero-order chi connectivity index (χ0) is 17.1. The summed E-state index contributed by atoms with van der Waals surface area (Å²) in [5.74, 6) is -0.201. The predicted molar refractivity (Wildman–Crippen MR) is 99.6 cm³/mol. The molecule has 0 unspecified atom stereocenters. The van der Waals surface area contributed by atoms with E-state index in [9.17, 15) is 4.79 Å². The minimum Gasteiger partial charge on any atom is -0.318 e. The number of nitrogens with zero attached hydrogens (tertiary/aromatic N) is 2. The van der Waals surface area contributed by atoms with Gasteiger partial charge in [0.25, 0.3) is 5.91 Å². The molecule has 2 heterocycles. The van der Waals surface area contributed by atoms with Crippen molar-refractivity contribution in [2.75, 3.05) is 0 Å². The average Bonchev–Trinajstić information content (AvgIpc) is 3.18. The summed E-state index contributed by atoms with van der Waals surface area (Å²) in [4.78, 5) is 12.5. The summed E-state index contributed by atoms with van der Waals surface area (Å²) < 4.78 is 2.12. The maximum atomic E-state index is 11.9. The van der Waals surface area contributed by atoms with Crippen LogP contribution in [0.5, 0.6) is 0 Å². The second-order valence-corrected chi connectivity index (χ2v) is 6.70. The second-order valence-electron chi connectivity index (χ2n) is 5.31. The highest BCUT2D eigenvalue weighted by molar-refractivity contribution is 7.12. The molecule has 2 aromatic heterocycles. The van der Waals surface area contributed by atoms with Crippen molar-refractivity contribution in [2.45, 2.75) is 13.8 Å². The van der Waals surface area contributed by atoms with Crippen molar-refractivity contribution in [3.05, 3.63) is 74.7 Å². The van der Waals surface area contributed by atoms with Crippen molar-refractivity contribution in [1.29, 1.82) is 0 Å². The first-order chi connectivity index (χ1) is 11.6. The normalized spacial score (nSPS) is 11.1. The molecule has 0 saturated carbocycles. The molecular formula is C18H16ClN3OS. The molecule has 0 aliphatic carbocycles. The van der Waals surface area contributed by atoms with Gasteiger partial charge in [0.05, 0.1) is 11.1 Å². The second kappa shape index (κ2) is 7.03. The molecule has 4 nitrogen and oxygen atoms in total. The molecule has 3 rings (SSSR count). The molecule has 0 bridgehead atoms. The number of hydrazone groups is 1. The van der Waals surface area contributed by atoms with Crippen molar-refractivity contribution in [3.8, 4) is 5.69 Å². The van der Waals surface area contributed by atoms with Gasteiger partial charge in [0.15, 0.2) is 0 Å². The fourth-order valence-corrected chi connectivity index (χ4v) is 3.27. The third kappa shape index (κ3) is 3.42. The quantitative estimate of drug-likeness (QED) is 0.539. The molecule has 1 aromatic carbocycles. The van der Waals surface area contributed by atoms with Crippen LogP contribution in [0.25, 0.3) is 5.69 Å². The van der Waals surface area contributed by atoms with E-state index in [1.54, 1.807) is 12.3 Å². The fourth-order valence-electron chi connectivity index (χ4n) is 2.53. The van der Waals surface area contributed by atoms with Gasteiger partial charge in [-0.25, -0.2) is 5.43 Å². The summed E-state index contributed by atoms with van der Waals surface area (Å²) in [6.45, 7) is 4.05. The van der Waals surface area contributed by atoms with Gasteiger partial charge in [0.1, 0.15) is 0 Å². The summed E-state index contributed by atoms with van der Waals surface area (Å²) in [7, 11) is 0. The Balaban J connectivity index is 1.80. The van der Waals surface area contributed by atoms with E-state index in [4.69, 9.17) is 11.6 Å². The number of aromatic nitrogens is 1. The highest BCUT2D eigenvalue weighted by Crippen LogP contribution is 2.21. The fraction of sp³-hybridized carbons (Fsp3) is 0.111. The van der Waals surface area contributed by atoms with Crippen LogP contribution in [0.1, 0.15) is 26.6 Å². The van der Waals surface area contributed by atoms with Crippen LogP contribution in [0.3, 0.4) is 0 Å². The van der Waals surface area contributed by atoms with Gasteiger partial charge in [-0.15, -0.1) is 11.3 Å². The topological polar surface area (TPSA) is 46.4 Å². The smallest absolute Gasteiger partial charge is 0.281 e. The van der Waals surface area contributed by atoms with Crippen LogP contribution in [0, 0.1) is 13.8 Å². The molecule has 0 spiro atoms. The Morgan fingerprint density at radius 3 is 2.67 bits per heavy atom. The predicted octanol–water partition coefficient (Wildman–Crippen LogP) is 4.57. The van der Waals surface area contributed by atoms with Crippen molar-refractivity contribution >= 4 is 35.1 Å². The lowest BCUT2D eigenvalue weighted by atomic mass is 10.2. The molecule has 0 atom stereocenters. The van der Waals surface area contributed by atoms with Crippen molar-refractivity contribution < 1.29 is 4.79 Å². The van der Waals surface area contributed by atoms with E-state index >= 15 is 0 Å². The maximum absolute atomic E-state index is 11.9. The van der Waals surface area contributed by atoms with E-state index in [1.165, 1.54) is 11.3 Å². The first kappa shape index (κ1) is 16.5. The Hall–Kier alpha value is -2.37. The van der Waals surface area contributed by atoms with Gasteiger partial charge in [-0.2, -0.15) is 5.10 Å². The summed E-state index contributed by atoms with van der Waals surface area (Å²) in [5.41, 5.74) is 6.67. The van der Waals surface area contributed by atoms with Gasteiger partial charge < -0.3 is 4.57 Å². The third-order valence-electron chi connectivity index (χ3n) is 3.67. The molecular weight excluding hydrogens is 342 g/mol. The molecule has 1 N–H and O–H groups in total. The number of carbonyl (C=O) groups excluding carboxylic acids is 1. The van der Waals surface area contributed by atoms with Crippen molar-refractivity contribution in [1.82, 2.24) is 9.99 Å². The standard InChI is InChI=1S/C18H16ClN3OS/c1-12-10-14(11-20-21-18(23)17-4-3-9-24-17)13(2)22(12)16-7-5-15(19)6-8-16/h3-11H,1-2H3,(H,21,23)/b20-11+. The van der Waals surface area contributed by atoms with Gasteiger partial charge in [-0.3, -0.25) is 4.79 Å². The number of amides is 1. The largest absolute Gasteiger partial charge is 0.318 e. The van der Waals surface area contributed by atoms with E-state index in [-0.39, 0.29) is 5.91 Å². The van der Waals surface area contributed by atoms with Gasteiger partial charge in [0.2, 0.25) is 0 Å². The highest BCUT2D eigenvalue weighted by atomic mass is 35.5. The number of thiophene rings is 1. The van der Waals surface area contributed by atoms with E-state index < -0.39 is 0 Å². The summed E-state index contributed by atoms with van der Waals surface area (Å²) >= 11 is 7.34. The minimum absolute atomic E-state index is 0.201. The lowest BCUT2D eigenvalue weighted by Gasteiger charge is -2.09. The Morgan fingerprint density at radius 1 is 1.25 bits per heavy atom. The summed E-state index contributed by atoms with van der Waals surface area (Å²) in [5, 5.41) is 6.64. The molecule has 0 aliphatic heterocycles. The lowest BCUT2D eigenvalue weighted by Crippen LogP contribution is -2.16. The number of carbonyl (C=O) groups is 1. The molecule has 3 aromatic rings. The van der Waals surface area contributed by atoms with Crippen LogP contribution in [0.15, 0.2) is 52.9 Å². The SMILES string of the molecule is Cc1cc(/C=N/NC(=O)c2cccs2)c(C)n1-c1ccc(Cl)cc1. The van der Waals surface area contributed by atoms with Crippen LogP contribution in [0.2, 0.25) is 5.02 Å². The van der Waals surface area contributed by atoms with Crippen LogP contribution in [-0.2, 0) is 0 Å². The van der Waals surface area contributed by atoms with E-state index in [1.807, 2.05) is 55.6 Å². The molecule has 6 heteroatoms. The van der Waals surface area contributed by atoms with Crippen LogP contribution >= 0.6 is 22.9 Å². The number of aryl methyl sites for hydroxylation is 1. The summed E-state index contributed by atoms with van der Waals surface area (Å²) in [6.07, 6.45) is 1.67. The highest BCUT2D eigenvalue weighted by Gasteiger charge is 2.10. The van der Waals surface area contributed by atoms with Gasteiger partial charge in [-0.1, -0.05) is 17.7 Å². The Kier molecular flexibility index (Phi) is 4.83. The lowest BCUT2D eigenvalue weighted by molar-refractivity contribution is 0.0959. The number of halogens is 1. The van der Waals surface area contributed by atoms with E-state index in [0.29, 0.717) is 9.90 Å². The van der Waals surface area contributed by atoms with Gasteiger partial charge in [0, 0.05) is 27.7 Å². The Labute approximate surface area is 149 Å². The number of hydrogen-bond acceptors (Lipinski definition) is 3. The van der Waals surface area contributed by atoms with Crippen LogP contribution < -0.4 is 5.43 Å². The maximum Gasteiger partial charge on any atom is 0.281 e. The van der Waals surface area contributed by atoms with Crippen molar-refractivity contribution in [3.63, 3.8) is 0 Å². The monoisotopic (exact) mass is 357 g/mol. The zero-order valence-electron chi connectivity index (χ0n) is 13.3. The average molecular weight is 358 g/mol. The number of nitrogens with one attached hydrogen (secondary N) is 1. The molecule has 24 heavy (non-hydrogen) atoms. The molecule has 0 aliphatic rings. The minimum atomic E-state index is -0.201. The van der Waals surface area contributed by atoms with E-state index in [0.717, 1.165) is 22.6 Å². The molecule has 122 valence electrons. The van der Waals surface area contributed by atoms with Gasteiger partial charge >= 0.3 is 0 Å². The zero-order valence-corrected chi connectivity index (χ0v) is 14.9. The number of benzene rings is 1. The molecule has 1 amide bonds. The van der Waals surface area contributed by atoms with Crippen LogP contribution in [-0.4, -0.2) is 16.7 Å². The van der Waals surface area contributed by atoms with Crippen LogP contribution in [0.4, 0.5) is 0 Å². The van der Waals surface area contributed by atoms with Gasteiger partial charge in [-0.05, 0) is 55.6 Å². The molecule has 0 fully saturated rings. The Morgan fingerprint density at radius 2 is 2.00 bits per heavy atom. The van der Waals surface area contributed by atoms with Crippen molar-refractivity contribution in [2.24, 2.45) is 5.10 Å².